The standard InChI is InChI=1S/C19H10F3NO4S.C19H13NO5S.C18H10ClNO4S.C18H13N3O4S/c20-19(21,22)9-4-3-5-10(8-9)28-16-14(24)13-15(27-18(16)26)11-6-1-2-7-12(11)23-17(13)25;1-24-12-8-4-5-9-13(12)26-17-15(21)14-16(25-19(17)23)10-6-2-3-7-11(10)20-18(14)22;19-9-4-3-5-10(8-9)25-16-14(21)13-15(24-18(16)23)11-6-1-2-7-12(11)20-17(13)22;1-8-7-9(2)20-18(19-8)26-15-13(22)12-14(25-17(15)24)10-5-3-4-6-11(10)21-16(12)23/h1-8,24H,(H,23,25);2-9,21H,1H3,(H,20,22);1-8,21H,(H,20,22);3-7,22H,1-2H3,(H,21,23). The molecule has 0 spiro atoms. The minimum Gasteiger partial charge on any atom is -0.505 e. The summed E-state index contributed by atoms with van der Waals surface area (Å²) in [5.74, 6) is -1.33. The number of aromatic amines is 4. The molecule has 0 amide bonds. The van der Waals surface area contributed by atoms with Crippen LogP contribution in [0.4, 0.5) is 13.2 Å². The highest BCUT2D eigenvalue weighted by atomic mass is 35.5. The van der Waals surface area contributed by atoms with Gasteiger partial charge in [-0.05, 0) is 129 Å². The SMILES string of the molecule is COc1ccccc1Sc1c(O)c2c(=O)[nH]c3ccccc3c2oc1=O.Cc1cc(C)nc(Sc2c(O)c3c(=O)[nH]c4ccccc4c3oc2=O)n1.O=c1oc2c(c(O)c1Sc1cccc(C(F)(F)F)c1)c(=O)[nH]c1ccccc12.O=c1oc2c(c(O)c1Sc1cccc(Cl)c1)c(=O)[nH]c1ccccc12. The van der Waals surface area contributed by atoms with Crippen LogP contribution in [0.1, 0.15) is 17.0 Å². The van der Waals surface area contributed by atoms with Crippen molar-refractivity contribution in [2.24, 2.45) is 0 Å². The number of halogens is 4. The number of ether oxygens (including phenoxy) is 1. The van der Waals surface area contributed by atoms with Crippen molar-refractivity contribution >= 4 is 146 Å². The van der Waals surface area contributed by atoms with E-state index in [0.29, 0.717) is 81.1 Å². The minimum atomic E-state index is -4.55. The molecular formula is C74H46ClF3N6O17S4. The number of nitrogens with zero attached hydrogens (tertiary/aromatic N) is 2. The minimum absolute atomic E-state index is 0.0529. The summed E-state index contributed by atoms with van der Waals surface area (Å²) in [5, 5.41) is 44.8. The number of benzene rings is 7. The molecule has 16 aromatic rings. The van der Waals surface area contributed by atoms with Gasteiger partial charge >= 0.3 is 28.7 Å². The Morgan fingerprint density at radius 2 is 0.743 bits per heavy atom. The average Bonchev–Trinajstić information content (AvgIpc) is 0.771. The van der Waals surface area contributed by atoms with Gasteiger partial charge in [-0.1, -0.05) is 120 Å². The summed E-state index contributed by atoms with van der Waals surface area (Å²) in [6.07, 6.45) is -4.55. The van der Waals surface area contributed by atoms with Gasteiger partial charge in [-0.3, -0.25) is 19.2 Å². The second-order valence-corrected chi connectivity index (χ2v) is 27.2. The molecule has 526 valence electrons. The molecule has 23 nitrogen and oxygen atoms in total. The highest BCUT2D eigenvalue weighted by Crippen LogP contribution is 2.43. The first kappa shape index (κ1) is 71.2. The maximum Gasteiger partial charge on any atom is 0.416 e. The van der Waals surface area contributed by atoms with Crippen LogP contribution in [-0.2, 0) is 6.18 Å². The normalized spacial score (nSPS) is 11.4. The van der Waals surface area contributed by atoms with Crippen molar-refractivity contribution in [3.8, 4) is 28.7 Å². The van der Waals surface area contributed by atoms with Gasteiger partial charge in [0.25, 0.3) is 22.2 Å². The van der Waals surface area contributed by atoms with Crippen LogP contribution in [0.3, 0.4) is 0 Å². The lowest BCUT2D eigenvalue weighted by molar-refractivity contribution is -0.137. The van der Waals surface area contributed by atoms with Gasteiger partial charge in [-0.2, -0.15) is 13.2 Å². The Labute approximate surface area is 604 Å². The maximum atomic E-state index is 12.9. The van der Waals surface area contributed by atoms with E-state index in [1.165, 1.54) is 19.2 Å². The zero-order valence-electron chi connectivity index (χ0n) is 53.9. The Balaban J connectivity index is 0.000000124. The Kier molecular flexibility index (Phi) is 19.8. The zero-order valence-corrected chi connectivity index (χ0v) is 57.9. The van der Waals surface area contributed by atoms with Crippen LogP contribution in [0.25, 0.3) is 87.5 Å². The van der Waals surface area contributed by atoms with Crippen molar-refractivity contribution in [2.45, 2.75) is 59.4 Å². The summed E-state index contributed by atoms with van der Waals surface area (Å²) in [7, 11) is 1.51. The van der Waals surface area contributed by atoms with E-state index in [9.17, 15) is 72.0 Å². The summed E-state index contributed by atoms with van der Waals surface area (Å²) >= 11 is 9.38. The Hall–Kier alpha value is -12.2. The van der Waals surface area contributed by atoms with Gasteiger partial charge in [0.15, 0.2) is 50.5 Å². The molecule has 9 heterocycles. The van der Waals surface area contributed by atoms with Crippen LogP contribution in [0, 0.1) is 13.8 Å². The van der Waals surface area contributed by atoms with Crippen molar-refractivity contribution in [1.82, 2.24) is 29.9 Å². The highest BCUT2D eigenvalue weighted by molar-refractivity contribution is 8.00. The zero-order chi connectivity index (χ0) is 74.3. The molecule has 0 saturated carbocycles. The summed E-state index contributed by atoms with van der Waals surface area (Å²) in [6, 6.07) is 47.3. The largest absolute Gasteiger partial charge is 0.505 e. The number of hydrogen-bond acceptors (Lipinski definition) is 23. The van der Waals surface area contributed by atoms with Gasteiger partial charge in [-0.15, -0.1) is 0 Å². The molecule has 0 aliphatic rings. The molecule has 9 aromatic heterocycles. The van der Waals surface area contributed by atoms with Crippen LogP contribution < -0.4 is 49.5 Å². The van der Waals surface area contributed by atoms with E-state index in [1.54, 1.807) is 166 Å². The van der Waals surface area contributed by atoms with E-state index >= 15 is 0 Å². The van der Waals surface area contributed by atoms with E-state index in [-0.39, 0.29) is 68.4 Å². The fourth-order valence-corrected chi connectivity index (χ4v) is 14.9. The lowest BCUT2D eigenvalue weighted by atomic mass is 10.1. The molecule has 31 heteroatoms. The van der Waals surface area contributed by atoms with Gasteiger partial charge in [0.1, 0.15) is 46.9 Å². The lowest BCUT2D eigenvalue weighted by Crippen LogP contribution is -2.11. The number of H-pyrrole nitrogens is 4. The molecule has 0 aliphatic carbocycles. The second-order valence-electron chi connectivity index (χ2n) is 22.6. The van der Waals surface area contributed by atoms with Gasteiger partial charge in [-0.25, -0.2) is 29.1 Å². The second kappa shape index (κ2) is 29.3. The monoisotopic (exact) mass is 1510 g/mol. The third kappa shape index (κ3) is 14.4. The van der Waals surface area contributed by atoms with E-state index in [0.717, 1.165) is 58.8 Å². The number of aryl methyl sites for hydroxylation is 2. The van der Waals surface area contributed by atoms with Gasteiger partial charge in [0.05, 0.1) is 39.6 Å². The van der Waals surface area contributed by atoms with Crippen molar-refractivity contribution < 1.29 is 56.0 Å². The first-order valence-corrected chi connectivity index (χ1v) is 34.3. The van der Waals surface area contributed by atoms with Crippen molar-refractivity contribution in [3.05, 3.63) is 281 Å². The summed E-state index contributed by atoms with van der Waals surface area (Å²) in [5.41, 5.74) is -2.76. The van der Waals surface area contributed by atoms with Crippen LogP contribution in [0.15, 0.2) is 271 Å². The van der Waals surface area contributed by atoms with Crippen LogP contribution in [0.2, 0.25) is 5.02 Å². The number of aromatic hydroxyl groups is 4. The number of methoxy groups -OCH3 is 1. The molecule has 0 saturated heterocycles. The molecule has 16 rings (SSSR count). The van der Waals surface area contributed by atoms with Crippen LogP contribution in [-0.4, -0.2) is 57.4 Å². The molecule has 7 aromatic carbocycles. The number of nitrogens with one attached hydrogen (secondary N) is 4. The Morgan fingerprint density at radius 1 is 0.410 bits per heavy atom. The van der Waals surface area contributed by atoms with E-state index in [1.807, 2.05) is 0 Å². The molecule has 0 unspecified atom stereocenters. The molecule has 0 bridgehead atoms. The van der Waals surface area contributed by atoms with E-state index < -0.39 is 79.5 Å². The molecule has 0 fully saturated rings. The van der Waals surface area contributed by atoms with E-state index in [2.05, 4.69) is 29.9 Å². The van der Waals surface area contributed by atoms with E-state index in [4.69, 9.17) is 34.0 Å². The molecule has 0 atom stereocenters. The predicted octanol–water partition coefficient (Wildman–Crippen LogP) is 15.1. The lowest BCUT2D eigenvalue weighted by Gasteiger charge is -2.10. The molecule has 0 aliphatic heterocycles. The molecule has 0 radical (unpaired) electrons. The first-order chi connectivity index (χ1) is 50.3. The number of alkyl halides is 3. The summed E-state index contributed by atoms with van der Waals surface area (Å²) < 4.78 is 65.4. The summed E-state index contributed by atoms with van der Waals surface area (Å²) in [4.78, 5) is 119. The highest BCUT2D eigenvalue weighted by Gasteiger charge is 2.31. The van der Waals surface area contributed by atoms with Crippen LogP contribution >= 0.6 is 58.6 Å². The summed E-state index contributed by atoms with van der Waals surface area (Å²) in [6.45, 7) is 3.61. The Bertz CT molecular complexity index is 6740. The fourth-order valence-electron chi connectivity index (χ4n) is 11.0. The van der Waals surface area contributed by atoms with Gasteiger partial charge in [0.2, 0.25) is 0 Å². The van der Waals surface area contributed by atoms with Crippen molar-refractivity contribution in [1.29, 1.82) is 0 Å². The number of para-hydroxylation sites is 5. The number of pyridine rings is 4. The van der Waals surface area contributed by atoms with Crippen molar-refractivity contribution in [3.63, 3.8) is 0 Å². The smallest absolute Gasteiger partial charge is 0.416 e. The first-order valence-electron chi connectivity index (χ1n) is 30.7. The fraction of sp³-hybridized carbons (Fsp3) is 0.0541. The number of aromatic nitrogens is 6. The predicted molar refractivity (Wildman–Crippen MR) is 393 cm³/mol. The third-order valence-electron chi connectivity index (χ3n) is 15.7. The molecule has 8 N–H and O–H groups in total. The third-order valence-corrected chi connectivity index (χ3v) is 20.1. The topological polar surface area (TPSA) is 368 Å². The van der Waals surface area contributed by atoms with Crippen LogP contribution in [0.5, 0.6) is 28.7 Å². The number of fused-ring (bicyclic) bond motifs is 12. The van der Waals surface area contributed by atoms with Gasteiger partial charge in [0, 0.05) is 47.7 Å². The number of hydrogen-bond donors (Lipinski definition) is 8. The van der Waals surface area contributed by atoms with Gasteiger partial charge < -0.3 is 62.8 Å². The average molecular weight is 1510 g/mol. The quantitative estimate of drug-likeness (QED) is 0.0491. The van der Waals surface area contributed by atoms with Crippen molar-refractivity contribution in [2.75, 3.05) is 7.11 Å². The maximum absolute atomic E-state index is 12.9. The molecule has 105 heavy (non-hydrogen) atoms. The molecular weight excluding hydrogens is 1470 g/mol. The Morgan fingerprint density at radius 3 is 1.11 bits per heavy atom. The number of rotatable bonds is 9.